The molecule has 3 aromatic rings. The van der Waals surface area contributed by atoms with Crippen molar-refractivity contribution in [3.05, 3.63) is 101 Å². The van der Waals surface area contributed by atoms with Crippen LogP contribution in [0.15, 0.2) is 61.2 Å². The van der Waals surface area contributed by atoms with Gasteiger partial charge in [-0.15, -0.1) is 6.58 Å². The summed E-state index contributed by atoms with van der Waals surface area (Å²) >= 11 is 0. The van der Waals surface area contributed by atoms with Gasteiger partial charge in [0.05, 0.1) is 5.69 Å². The molecule has 33 heavy (non-hydrogen) atoms. The molecule has 4 rings (SSSR count). The molecule has 1 N–H and O–H groups in total. The zero-order valence-corrected chi connectivity index (χ0v) is 19.5. The quantitative estimate of drug-likeness (QED) is 0.394. The van der Waals surface area contributed by atoms with E-state index in [-0.39, 0.29) is 22.7 Å². The van der Waals surface area contributed by atoms with Crippen LogP contribution in [0.2, 0.25) is 0 Å². The highest BCUT2D eigenvalue weighted by Gasteiger charge is 2.34. The number of rotatable bonds is 7. The molecule has 0 amide bonds. The van der Waals surface area contributed by atoms with Crippen LogP contribution in [-0.4, -0.2) is 10.1 Å². The largest absolute Gasteiger partial charge is 0.506 e. The van der Waals surface area contributed by atoms with E-state index in [1.807, 2.05) is 49.4 Å². The van der Waals surface area contributed by atoms with E-state index in [0.29, 0.717) is 24.3 Å². The second-order valence-electron chi connectivity index (χ2n) is 9.15. The van der Waals surface area contributed by atoms with E-state index < -0.39 is 0 Å². The van der Waals surface area contributed by atoms with E-state index in [1.165, 1.54) is 6.42 Å². The summed E-state index contributed by atoms with van der Waals surface area (Å²) in [5.74, 6) is 0.148. The highest BCUT2D eigenvalue weighted by Crippen LogP contribution is 2.43. The van der Waals surface area contributed by atoms with Crippen LogP contribution >= 0.6 is 0 Å². The molecule has 1 saturated carbocycles. The normalized spacial score (nSPS) is 15.2. The zero-order chi connectivity index (χ0) is 23.4. The van der Waals surface area contributed by atoms with E-state index in [0.717, 1.165) is 48.1 Å². The molecule has 4 heteroatoms. The third-order valence-corrected chi connectivity index (χ3v) is 6.96. The van der Waals surface area contributed by atoms with Crippen molar-refractivity contribution in [1.82, 2.24) is 4.98 Å². The lowest BCUT2D eigenvalue weighted by Crippen LogP contribution is -2.28. The highest BCUT2D eigenvalue weighted by molar-refractivity contribution is 5.45. The molecule has 0 saturated heterocycles. The first-order valence-corrected chi connectivity index (χ1v) is 11.7. The first-order chi connectivity index (χ1) is 15.9. The van der Waals surface area contributed by atoms with Gasteiger partial charge in [0, 0.05) is 17.5 Å². The Bertz CT molecular complexity index is 1130. The second kappa shape index (κ2) is 9.78. The Morgan fingerprint density at radius 2 is 1.82 bits per heavy atom. The number of nitrogens with zero attached hydrogens (tertiary/aromatic N) is 1. The number of halogens is 1. The number of aromatic nitrogens is 1. The van der Waals surface area contributed by atoms with Gasteiger partial charge in [-0.3, -0.25) is 4.98 Å². The van der Waals surface area contributed by atoms with Crippen LogP contribution < -0.4 is 4.74 Å². The Labute approximate surface area is 196 Å². The van der Waals surface area contributed by atoms with Gasteiger partial charge < -0.3 is 9.84 Å². The highest BCUT2D eigenvalue weighted by atomic mass is 19.1. The number of benzene rings is 2. The van der Waals surface area contributed by atoms with Crippen LogP contribution in [-0.2, 0) is 18.4 Å². The first-order valence-electron chi connectivity index (χ1n) is 11.7. The fraction of sp³-hybridized carbons (Fsp3) is 0.345. The van der Waals surface area contributed by atoms with Crippen LogP contribution in [0, 0.1) is 19.7 Å². The number of ether oxygens (including phenoxy) is 1. The van der Waals surface area contributed by atoms with Gasteiger partial charge in [0.15, 0.2) is 11.6 Å². The molecule has 1 heterocycles. The number of hydrogen-bond acceptors (Lipinski definition) is 3. The van der Waals surface area contributed by atoms with Crippen LogP contribution in [0.1, 0.15) is 65.7 Å². The molecule has 1 aromatic heterocycles. The van der Waals surface area contributed by atoms with E-state index in [9.17, 15) is 5.11 Å². The minimum absolute atomic E-state index is 0.213. The average Bonchev–Trinajstić information content (AvgIpc) is 2.85. The van der Waals surface area contributed by atoms with Crippen molar-refractivity contribution in [2.75, 3.05) is 0 Å². The van der Waals surface area contributed by atoms with Crippen LogP contribution in [0.5, 0.6) is 11.5 Å². The van der Waals surface area contributed by atoms with Crippen LogP contribution in [0.25, 0.3) is 0 Å². The Balaban J connectivity index is 1.60. The summed E-state index contributed by atoms with van der Waals surface area (Å²) in [6.45, 7) is 8.15. The molecular weight excluding hydrogens is 413 g/mol. The molecule has 0 spiro atoms. The molecule has 1 fully saturated rings. The lowest BCUT2D eigenvalue weighted by atomic mass is 9.71. The predicted octanol–water partition coefficient (Wildman–Crippen LogP) is 7.10. The van der Waals surface area contributed by atoms with E-state index in [4.69, 9.17) is 9.72 Å². The number of allylic oxidation sites excluding steroid dienone is 1. The van der Waals surface area contributed by atoms with Gasteiger partial charge in [-0.1, -0.05) is 55.7 Å². The van der Waals surface area contributed by atoms with Gasteiger partial charge in [-0.2, -0.15) is 0 Å². The van der Waals surface area contributed by atoms with Gasteiger partial charge in [-0.05, 0) is 67.1 Å². The summed E-state index contributed by atoms with van der Waals surface area (Å²) in [6.07, 6.45) is 7.74. The maximum absolute atomic E-state index is 15.2. The molecule has 3 nitrogen and oxygen atoms in total. The van der Waals surface area contributed by atoms with Crippen molar-refractivity contribution < 1.29 is 14.2 Å². The maximum Gasteiger partial charge on any atom is 0.168 e. The molecule has 2 aromatic carbocycles. The summed E-state index contributed by atoms with van der Waals surface area (Å²) in [4.78, 5) is 4.87. The van der Waals surface area contributed by atoms with Gasteiger partial charge >= 0.3 is 0 Å². The Morgan fingerprint density at radius 3 is 2.52 bits per heavy atom. The molecule has 0 atom stereocenters. The smallest absolute Gasteiger partial charge is 0.168 e. The zero-order valence-electron chi connectivity index (χ0n) is 19.5. The lowest BCUT2D eigenvalue weighted by Gasteiger charge is -2.34. The Morgan fingerprint density at radius 1 is 1.09 bits per heavy atom. The molecule has 1 aliphatic rings. The second-order valence-corrected chi connectivity index (χ2v) is 9.15. The minimum Gasteiger partial charge on any atom is -0.506 e. The third kappa shape index (κ3) is 4.80. The summed E-state index contributed by atoms with van der Waals surface area (Å²) in [5.41, 5.74) is 4.67. The summed E-state index contributed by atoms with van der Waals surface area (Å²) < 4.78 is 21.0. The van der Waals surface area contributed by atoms with Gasteiger partial charge in [-0.25, -0.2) is 4.39 Å². The maximum atomic E-state index is 15.2. The van der Waals surface area contributed by atoms with Crippen molar-refractivity contribution in [2.45, 2.75) is 64.4 Å². The first kappa shape index (κ1) is 23.0. The van der Waals surface area contributed by atoms with Gasteiger partial charge in [0.2, 0.25) is 0 Å². The Kier molecular flexibility index (Phi) is 6.83. The Hall–Kier alpha value is -3.14. The number of aryl methyl sites for hydroxylation is 1. The summed E-state index contributed by atoms with van der Waals surface area (Å²) in [6, 6.07) is 15.1. The van der Waals surface area contributed by atoms with Crippen LogP contribution in [0.3, 0.4) is 0 Å². The fourth-order valence-electron chi connectivity index (χ4n) is 4.93. The third-order valence-electron chi connectivity index (χ3n) is 6.96. The monoisotopic (exact) mass is 445 g/mol. The van der Waals surface area contributed by atoms with E-state index in [2.05, 4.69) is 6.58 Å². The molecular formula is C29H32FNO2. The van der Waals surface area contributed by atoms with E-state index >= 15 is 4.39 Å². The average molecular weight is 446 g/mol. The van der Waals surface area contributed by atoms with Gasteiger partial charge in [0.25, 0.3) is 0 Å². The molecule has 0 aliphatic heterocycles. The van der Waals surface area contributed by atoms with Crippen LogP contribution in [0.4, 0.5) is 4.39 Å². The molecule has 0 bridgehead atoms. The van der Waals surface area contributed by atoms with Crippen molar-refractivity contribution >= 4 is 0 Å². The lowest BCUT2D eigenvalue weighted by molar-refractivity contribution is 0.289. The molecule has 1 aliphatic carbocycles. The van der Waals surface area contributed by atoms with Crippen molar-refractivity contribution in [1.29, 1.82) is 0 Å². The predicted molar refractivity (Wildman–Crippen MR) is 130 cm³/mol. The number of aromatic hydroxyl groups is 1. The van der Waals surface area contributed by atoms with E-state index in [1.54, 1.807) is 19.1 Å². The van der Waals surface area contributed by atoms with Gasteiger partial charge in [0.1, 0.15) is 12.4 Å². The SMILES string of the molecule is C=CC1(c2nc(Cc3c(C)cc(OCc4ccccc4)c(F)c3C)ccc2O)CCCCC1. The molecule has 172 valence electrons. The minimum atomic E-state index is -0.333. The number of pyridine rings is 1. The summed E-state index contributed by atoms with van der Waals surface area (Å²) in [5, 5.41) is 10.6. The number of hydrogen-bond donors (Lipinski definition) is 1. The van der Waals surface area contributed by atoms with Crippen molar-refractivity contribution in [3.63, 3.8) is 0 Å². The molecule has 0 unspecified atom stereocenters. The van der Waals surface area contributed by atoms with Crippen molar-refractivity contribution in [2.24, 2.45) is 0 Å². The topological polar surface area (TPSA) is 42.4 Å². The summed E-state index contributed by atoms with van der Waals surface area (Å²) in [7, 11) is 0. The fourth-order valence-corrected chi connectivity index (χ4v) is 4.93. The standard InChI is InChI=1S/C29H32FNO2/c1-4-29(15-9-6-10-16-29)28-25(32)14-13-23(31-28)18-24-20(2)17-26(27(30)21(24)3)33-19-22-11-7-5-8-12-22/h4-5,7-8,11-14,17,32H,1,6,9-10,15-16,18-19H2,2-3H3. The molecule has 0 radical (unpaired) electrons. The van der Waals surface area contributed by atoms with Crippen molar-refractivity contribution in [3.8, 4) is 11.5 Å².